The molecule has 3 saturated carbocycles. The standard InChI is InChI=1S/C33H30N4O2.C27H46O.C25H38O5.C19H24N2O4.C17H15F3N2O2S/c1-4-9-30-35-31-21(2)18-24(32-34-27-12-7-8-13-28(27)36(32)3)19-29(31)37(30)20-22-14-16-23(17-15-22)25-10-5-6-11-26(25)33(38)39;1-18(2)7-6-8-19(3)23-11-12-24-22-10-9-20-17-21(28)13-15-26(20,4)25(22)14-16-27(23,24)5;1-6-25(4,5)24(28)30-21-12-15(2)11-17-8-7-16(3)20(23(17)21)10-9-19-13-18(26)14-22(27)29-19;1-13(9-14-3-6-16(25-2)7-4-14)20-11-19(24)15-5-8-18(23)17(10-15)21-12-22;1-11-14(21-7-6-15(11)24-10-17(18,19)20)9-25(23)16-8-12-4-2-3-5-13(12)22-16/h5-8,10-19H,4,9,20H2,1-3H3,(H,38,39);9,18-19,21-25,28H,6-8,10-17H2,1-5H3;7-8,11,15-16,18-21,23,26H,6,9-10,12-14H2,1-5H3;3-8,10,12-13,19-20,23-24H,9,11H2,1-2H3,(H,21,22);2-7H,8-10H2,1H3/t;19-,21+,22+,23-,24+,25+,26+,27-;15-,16-,18+,19+,20-,21-,23-;13-,19+;/m.101./s1. The Morgan fingerprint density at radius 3 is 2.24 bits per heavy atom. The lowest BCUT2D eigenvalue weighted by atomic mass is 9.47. The van der Waals surface area contributed by atoms with Gasteiger partial charge in [0.05, 0.1) is 98.5 Å². The summed E-state index contributed by atoms with van der Waals surface area (Å²) in [5.41, 5.74) is 17.6. The highest BCUT2D eigenvalue weighted by atomic mass is 32.2. The lowest BCUT2D eigenvalue weighted by Gasteiger charge is -2.58. The SMILES string of the molecule is CC(C)CCC[C@@H](C)[C@H]1CC[C@H]2[C@@H]3CC=C4C[C@@H](O)CC[C@]4(C)[C@H]3CC[C@]12C.CCC(C)(C)C(=O)O[C@H]1C[C@@H](C)C=C2C=C[C@H](C)[C@H](CC[C@@H]3C[C@@H](O)CC(=O)O3)[C@H]21.CCCc1nc2c(C)cc(-c3nc4ccccc4n3C)cc2n1Cc1ccc(-c2ccccc2C(=O)O)cc1.COc1ccc(C[C@@H](C)NC[C@H](O)c2ccc(O)c(NC=O)c2)cc1.Cc1c(OCC(F)(F)F)ccnc1CS(=O)C1=Nc2ccccc2C1. The maximum Gasteiger partial charge on any atom is 0.422 e. The monoisotopic (exact) mass is 2030 g/mol. The van der Waals surface area contributed by atoms with Crippen LogP contribution in [0.1, 0.15) is 260 Å². The number of carbonyl (C=O) groups excluding carboxylic acids is 3. The van der Waals surface area contributed by atoms with Gasteiger partial charge in [0.1, 0.15) is 46.1 Å². The van der Waals surface area contributed by atoms with Gasteiger partial charge in [0.15, 0.2) is 6.61 Å². The number of aromatic nitrogens is 5. The van der Waals surface area contributed by atoms with Crippen molar-refractivity contribution in [3.05, 3.63) is 250 Å². The molecule has 22 nitrogen and oxygen atoms in total. The van der Waals surface area contributed by atoms with Gasteiger partial charge >= 0.3 is 24.1 Å². The molecule has 2 aliphatic heterocycles. The molecule has 0 radical (unpaired) electrons. The van der Waals surface area contributed by atoms with Gasteiger partial charge in [0.2, 0.25) is 6.41 Å². The van der Waals surface area contributed by atoms with Gasteiger partial charge in [-0.1, -0.05) is 202 Å². The van der Waals surface area contributed by atoms with Crippen LogP contribution in [0.25, 0.3) is 44.6 Å². The fraction of sp³-hybridized carbons (Fsp3) is 0.504. The van der Waals surface area contributed by atoms with Crippen molar-refractivity contribution < 1.29 is 81.0 Å². The van der Waals surface area contributed by atoms with Crippen LogP contribution in [0.5, 0.6) is 17.2 Å². The van der Waals surface area contributed by atoms with E-state index in [2.05, 4.69) is 154 Å². The summed E-state index contributed by atoms with van der Waals surface area (Å²) >= 11 is 0. The number of hydrogen-bond acceptors (Lipinski definition) is 18. The predicted molar refractivity (Wildman–Crippen MR) is 577 cm³/mol. The van der Waals surface area contributed by atoms with E-state index in [0.29, 0.717) is 88.4 Å². The molecule has 10 aromatic rings. The van der Waals surface area contributed by atoms with Crippen molar-refractivity contribution in [1.82, 2.24) is 29.4 Å². The number of nitrogens with one attached hydrogen (secondary N) is 2. The van der Waals surface area contributed by atoms with E-state index in [4.69, 9.17) is 28.9 Å². The molecule has 18 rings (SSSR count). The molecule has 147 heavy (non-hydrogen) atoms. The Kier molecular flexibility index (Phi) is 37.3. The summed E-state index contributed by atoms with van der Waals surface area (Å²) < 4.78 is 75.6. The number of aliphatic imine (C=N–C) groups is 1. The highest BCUT2D eigenvalue weighted by Gasteiger charge is 2.59. The first-order chi connectivity index (χ1) is 70.2. The van der Waals surface area contributed by atoms with Gasteiger partial charge in [0, 0.05) is 68.7 Å². The first-order valence-corrected chi connectivity index (χ1v) is 54.4. The summed E-state index contributed by atoms with van der Waals surface area (Å²) in [4.78, 5) is 65.3. The minimum Gasteiger partial charge on any atom is -0.506 e. The van der Waals surface area contributed by atoms with Crippen LogP contribution in [0, 0.1) is 89.3 Å². The molecule has 1 unspecified atom stereocenters. The summed E-state index contributed by atoms with van der Waals surface area (Å²) in [5, 5.41) is 55.9. The Morgan fingerprint density at radius 2 is 1.54 bits per heavy atom. The number of esters is 2. The number of methoxy groups -OCH3 is 1. The number of alkyl halides is 3. The molecule has 1 saturated heterocycles. The summed E-state index contributed by atoms with van der Waals surface area (Å²) in [6.07, 6.45) is 26.7. The number of imidazole rings is 2. The number of hydrogen-bond donors (Lipinski definition) is 7. The average Bonchev–Trinajstić information content (AvgIpc) is 1.47. The molecule has 7 aromatic carbocycles. The molecule has 1 amide bonds. The number of amides is 1. The van der Waals surface area contributed by atoms with Gasteiger partial charge in [-0.3, -0.25) is 23.6 Å². The van der Waals surface area contributed by atoms with E-state index in [1.807, 2.05) is 119 Å². The lowest BCUT2D eigenvalue weighted by Crippen LogP contribution is -2.50. The summed E-state index contributed by atoms with van der Waals surface area (Å²) in [6, 6.07) is 49.5. The Bertz CT molecular complexity index is 6380. The average molecular weight is 2030 g/mol. The Hall–Kier alpha value is -11.4. The highest BCUT2D eigenvalue weighted by molar-refractivity contribution is 8.00. The van der Waals surface area contributed by atoms with Gasteiger partial charge in [0.25, 0.3) is 0 Å². The Labute approximate surface area is 868 Å². The summed E-state index contributed by atoms with van der Waals surface area (Å²) in [5.74, 6) is 8.28. The van der Waals surface area contributed by atoms with E-state index in [0.717, 1.165) is 172 Å². The minimum atomic E-state index is -4.41. The number of halogens is 3. The fourth-order valence-corrected chi connectivity index (χ4v) is 25.4. The van der Waals surface area contributed by atoms with E-state index in [1.54, 1.807) is 43.9 Å². The van der Waals surface area contributed by atoms with E-state index in [1.165, 1.54) is 87.3 Å². The number of rotatable bonds is 31. The van der Waals surface area contributed by atoms with Crippen molar-refractivity contribution in [3.8, 4) is 39.8 Å². The Morgan fingerprint density at radius 1 is 0.803 bits per heavy atom. The second-order valence-corrected chi connectivity index (χ2v) is 45.4. The number of ether oxygens (including phenoxy) is 4. The van der Waals surface area contributed by atoms with Crippen molar-refractivity contribution >= 4 is 73.6 Å². The minimum absolute atomic E-state index is 0.0381. The van der Waals surface area contributed by atoms with Gasteiger partial charge in [-0.05, 0) is 300 Å². The smallest absolute Gasteiger partial charge is 0.422 e. The number of anilines is 1. The number of aromatic carboxylic acids is 1. The van der Waals surface area contributed by atoms with Crippen molar-refractivity contribution in [2.24, 2.45) is 87.5 Å². The third-order valence-electron chi connectivity index (χ3n) is 32.8. The van der Waals surface area contributed by atoms with Crippen molar-refractivity contribution in [2.45, 2.75) is 287 Å². The van der Waals surface area contributed by atoms with Gasteiger partial charge in [-0.2, -0.15) is 13.2 Å². The number of cyclic esters (lactones) is 1. The van der Waals surface area contributed by atoms with Crippen LogP contribution >= 0.6 is 0 Å². The van der Waals surface area contributed by atoms with Crippen LogP contribution in [0.15, 0.2) is 204 Å². The molecule has 6 aliphatic carbocycles. The number of aliphatic hydroxyl groups is 3. The number of carboxylic acids is 1. The zero-order valence-electron chi connectivity index (χ0n) is 88.5. The maximum atomic E-state index is 12.9. The first kappa shape index (κ1) is 111. The third kappa shape index (κ3) is 27.3. The molecular weight excluding hydrogens is 1880 g/mol. The largest absolute Gasteiger partial charge is 0.506 e. The number of nitrogens with zero attached hydrogens (tertiary/aromatic N) is 6. The zero-order chi connectivity index (χ0) is 106. The maximum absolute atomic E-state index is 12.9. The zero-order valence-corrected chi connectivity index (χ0v) is 89.3. The third-order valence-corrected chi connectivity index (χ3v) is 34.1. The lowest BCUT2D eigenvalue weighted by molar-refractivity contribution is -0.166. The molecule has 4 fully saturated rings. The molecular formula is C121H153F3N8O14S. The second-order valence-electron chi connectivity index (χ2n) is 44.0. The highest BCUT2D eigenvalue weighted by Crippen LogP contribution is 2.68. The number of fused-ring (bicyclic) bond motifs is 9. The number of allylic oxidation sites excluding steroid dienone is 4. The van der Waals surface area contributed by atoms with E-state index in [9.17, 15) is 62.1 Å². The second kappa shape index (κ2) is 49.4. The number of para-hydroxylation sites is 3. The van der Waals surface area contributed by atoms with Crippen LogP contribution in [-0.2, 0) is 73.3 Å². The number of aryl methyl sites for hydroxylation is 3. The van der Waals surface area contributed by atoms with Gasteiger partial charge in [-0.25, -0.2) is 19.8 Å². The van der Waals surface area contributed by atoms with E-state index in [-0.39, 0.29) is 71.6 Å². The van der Waals surface area contributed by atoms with Crippen LogP contribution in [0.2, 0.25) is 0 Å². The number of phenols is 1. The predicted octanol–water partition coefficient (Wildman–Crippen LogP) is 25.3. The number of carbonyl (C=O) groups is 4. The van der Waals surface area contributed by atoms with Crippen LogP contribution in [0.3, 0.4) is 0 Å². The summed E-state index contributed by atoms with van der Waals surface area (Å²) in [7, 11) is 2.30. The molecule has 0 bridgehead atoms. The van der Waals surface area contributed by atoms with Crippen LogP contribution < -0.4 is 20.1 Å². The fourth-order valence-electron chi connectivity index (χ4n) is 24.2. The number of carboxylic acid groups (broad SMARTS) is 1. The van der Waals surface area contributed by atoms with Crippen molar-refractivity contribution in [3.63, 3.8) is 0 Å². The van der Waals surface area contributed by atoms with E-state index < -0.39 is 47.2 Å². The van der Waals surface area contributed by atoms with Gasteiger partial charge < -0.3 is 64.2 Å². The van der Waals surface area contributed by atoms with Crippen molar-refractivity contribution in [2.75, 3.05) is 25.6 Å². The molecule has 788 valence electrons. The topological polar surface area (TPSA) is 308 Å². The molecule has 26 heteroatoms. The number of aliphatic hydroxyl groups excluding tert-OH is 3. The van der Waals surface area contributed by atoms with Crippen LogP contribution in [-0.4, -0.2) is 140 Å². The Balaban J connectivity index is 0.000000147. The first-order valence-electron chi connectivity index (χ1n) is 53.1. The van der Waals surface area contributed by atoms with Gasteiger partial charge in [-0.15, -0.1) is 0 Å². The molecule has 7 N–H and O–H groups in total. The molecule has 5 heterocycles. The summed E-state index contributed by atoms with van der Waals surface area (Å²) in [6.45, 7) is 30.5. The van der Waals surface area contributed by atoms with Crippen LogP contribution in [0.4, 0.5) is 24.5 Å². The number of phenolic OH excluding ortho intramolecular Hbond substituents is 1. The number of benzene rings is 7. The quantitative estimate of drug-likeness (QED) is 0.00919. The molecule has 8 aliphatic rings. The number of pyridine rings is 1. The van der Waals surface area contributed by atoms with Crippen molar-refractivity contribution in [1.29, 1.82) is 0 Å². The number of aromatic hydroxyl groups is 1. The normalized spacial score (nSPS) is 24.1. The van der Waals surface area contributed by atoms with E-state index >= 15 is 0 Å². The molecule has 18 atom stereocenters. The molecule has 3 aromatic heterocycles. The molecule has 0 spiro atoms.